The largest absolute Gasteiger partial charge is 0.423 e. The molecular weight excluding hydrogens is 347 g/mol. The van der Waals surface area contributed by atoms with Crippen molar-refractivity contribution in [1.82, 2.24) is 0 Å². The van der Waals surface area contributed by atoms with Gasteiger partial charge in [0.15, 0.2) is 0 Å². The molecule has 21 heavy (non-hydrogen) atoms. The van der Waals surface area contributed by atoms with Crippen molar-refractivity contribution < 1.29 is 62.2 Å². The molecule has 128 valence electrons. The third-order valence-corrected chi connectivity index (χ3v) is 2.15. The zero-order valence-electron chi connectivity index (χ0n) is 9.02. The molecule has 1 unspecified atom stereocenters. The van der Waals surface area contributed by atoms with Crippen LogP contribution < -0.4 is 0 Å². The molecule has 0 radical (unpaired) electrons. The molecule has 0 aromatic rings. The molecule has 0 aromatic carbocycles. The van der Waals surface area contributed by atoms with E-state index in [0.717, 1.165) is 0 Å². The fraction of sp³-hybridized carbons (Fsp3) is 1.00. The maximum Gasteiger partial charge on any atom is 0.423 e. The minimum absolute atomic E-state index is 5.01. The second kappa shape index (κ2) is 5.05. The molecule has 0 aliphatic carbocycles. The van der Waals surface area contributed by atoms with E-state index in [1.165, 1.54) is 0 Å². The second-order valence-corrected chi connectivity index (χ2v) is 3.62. The predicted molar refractivity (Wildman–Crippen MR) is 37.9 cm³/mol. The number of aliphatic hydroxyl groups is 1. The first-order valence-corrected chi connectivity index (χ1v) is 4.39. The van der Waals surface area contributed by atoms with Crippen molar-refractivity contribution in [2.45, 2.75) is 42.4 Å². The highest BCUT2D eigenvalue weighted by Crippen LogP contribution is 2.57. The lowest BCUT2D eigenvalue weighted by molar-refractivity contribution is -0.442. The molecular formula is C7H3F13O. The molecule has 1 nitrogen and oxygen atoms in total. The summed E-state index contributed by atoms with van der Waals surface area (Å²) in [4.78, 5) is 0. The minimum atomic E-state index is -7.76. The molecule has 0 rings (SSSR count). The average molecular weight is 350 g/mol. The van der Waals surface area contributed by atoms with Gasteiger partial charge < -0.3 is 5.11 Å². The Balaban J connectivity index is 6.01. The van der Waals surface area contributed by atoms with Crippen LogP contribution in [0.5, 0.6) is 0 Å². The lowest BCUT2D eigenvalue weighted by atomic mass is 9.95. The van der Waals surface area contributed by atoms with Crippen LogP contribution in [0.3, 0.4) is 0 Å². The number of hydrogen-bond donors (Lipinski definition) is 1. The normalized spacial score (nSPS) is 17.3. The Hall–Kier alpha value is -0.950. The third-order valence-electron chi connectivity index (χ3n) is 2.15. The highest BCUT2D eigenvalue weighted by molar-refractivity contribution is 5.08. The van der Waals surface area contributed by atoms with E-state index in [4.69, 9.17) is 5.11 Å². The van der Waals surface area contributed by atoms with Crippen molar-refractivity contribution in [3.8, 4) is 0 Å². The SMILES string of the molecule is OC(F)(F)C(F)(F)C(F)(F)C(F)(F)C(F)(F)C(F)C(F)F. The summed E-state index contributed by atoms with van der Waals surface area (Å²) < 4.78 is 159. The monoisotopic (exact) mass is 350 g/mol. The molecule has 0 bridgehead atoms. The molecule has 0 amide bonds. The van der Waals surface area contributed by atoms with E-state index in [2.05, 4.69) is 0 Å². The lowest BCUT2D eigenvalue weighted by Gasteiger charge is -2.38. The Morgan fingerprint density at radius 2 is 0.905 bits per heavy atom. The van der Waals surface area contributed by atoms with Gasteiger partial charge in [0.1, 0.15) is 0 Å². The summed E-state index contributed by atoms with van der Waals surface area (Å²) in [5.74, 6) is -30.1. The van der Waals surface area contributed by atoms with Gasteiger partial charge in [0, 0.05) is 0 Å². The second-order valence-electron chi connectivity index (χ2n) is 3.62. The molecule has 1 N–H and O–H groups in total. The molecule has 14 heteroatoms. The van der Waals surface area contributed by atoms with Gasteiger partial charge in [-0.1, -0.05) is 0 Å². The van der Waals surface area contributed by atoms with Gasteiger partial charge in [0.25, 0.3) is 6.43 Å². The van der Waals surface area contributed by atoms with Gasteiger partial charge in [-0.05, 0) is 0 Å². The van der Waals surface area contributed by atoms with Gasteiger partial charge >= 0.3 is 29.8 Å². The molecule has 0 saturated carbocycles. The van der Waals surface area contributed by atoms with E-state index < -0.39 is 42.4 Å². The summed E-state index contributed by atoms with van der Waals surface area (Å²) >= 11 is 0. The summed E-state index contributed by atoms with van der Waals surface area (Å²) in [7, 11) is 0. The molecule has 1 atom stereocenters. The van der Waals surface area contributed by atoms with Crippen molar-refractivity contribution in [1.29, 1.82) is 0 Å². The zero-order chi connectivity index (χ0) is 17.7. The van der Waals surface area contributed by atoms with Gasteiger partial charge in [0.2, 0.25) is 6.17 Å². The Morgan fingerprint density at radius 3 is 1.14 bits per heavy atom. The topological polar surface area (TPSA) is 20.2 Å². The smallest absolute Gasteiger partial charge is 0.331 e. The van der Waals surface area contributed by atoms with E-state index in [-0.39, 0.29) is 0 Å². The van der Waals surface area contributed by atoms with Crippen LogP contribution in [-0.2, 0) is 0 Å². The van der Waals surface area contributed by atoms with Crippen LogP contribution in [0.4, 0.5) is 57.1 Å². The summed E-state index contributed by atoms with van der Waals surface area (Å²) in [6.45, 7) is 0. The molecule has 0 aromatic heterocycles. The first kappa shape index (κ1) is 20.1. The van der Waals surface area contributed by atoms with Crippen LogP contribution in [0.2, 0.25) is 0 Å². The number of alkyl halides is 13. The summed E-state index contributed by atoms with van der Waals surface area (Å²) in [5, 5.41) is 7.37. The first-order chi connectivity index (χ1) is 8.85. The van der Waals surface area contributed by atoms with Crippen LogP contribution in [0.15, 0.2) is 0 Å². The van der Waals surface area contributed by atoms with E-state index in [1.54, 1.807) is 0 Å². The van der Waals surface area contributed by atoms with Gasteiger partial charge in [-0.3, -0.25) is 0 Å². The average Bonchev–Trinajstić information content (AvgIpc) is 2.25. The van der Waals surface area contributed by atoms with Gasteiger partial charge in [0.05, 0.1) is 0 Å². The predicted octanol–water partition coefficient (Wildman–Crippen LogP) is 3.72. The summed E-state index contributed by atoms with van der Waals surface area (Å²) in [6, 6.07) is 0. The minimum Gasteiger partial charge on any atom is -0.331 e. The van der Waals surface area contributed by atoms with Crippen molar-refractivity contribution in [3.63, 3.8) is 0 Å². The molecule has 0 spiro atoms. The standard InChI is InChI=1S/C7H3F13O/c8-1(2(9)10)3(11,12)4(13,14)5(15,16)6(17,18)7(19,20)21/h1-2,21H. The van der Waals surface area contributed by atoms with Gasteiger partial charge in [-0.15, -0.1) is 0 Å². The maximum atomic E-state index is 12.6. The Morgan fingerprint density at radius 1 is 0.571 bits per heavy atom. The van der Waals surface area contributed by atoms with Crippen molar-refractivity contribution in [2.24, 2.45) is 0 Å². The van der Waals surface area contributed by atoms with Crippen LogP contribution in [-0.4, -0.2) is 47.5 Å². The Kier molecular flexibility index (Phi) is 4.82. The van der Waals surface area contributed by atoms with E-state index in [9.17, 15) is 57.1 Å². The Bertz CT molecular complexity index is 369. The van der Waals surface area contributed by atoms with Gasteiger partial charge in [-0.25, -0.2) is 13.2 Å². The van der Waals surface area contributed by atoms with E-state index in [1.807, 2.05) is 0 Å². The quantitative estimate of drug-likeness (QED) is 0.724. The van der Waals surface area contributed by atoms with Crippen LogP contribution >= 0.6 is 0 Å². The lowest BCUT2D eigenvalue weighted by Crippen LogP contribution is -2.69. The van der Waals surface area contributed by atoms with E-state index in [0.29, 0.717) is 0 Å². The van der Waals surface area contributed by atoms with Gasteiger partial charge in [-0.2, -0.15) is 43.9 Å². The maximum absolute atomic E-state index is 12.6. The van der Waals surface area contributed by atoms with Crippen molar-refractivity contribution in [3.05, 3.63) is 0 Å². The summed E-state index contributed by atoms with van der Waals surface area (Å²) in [5.41, 5.74) is 0. The first-order valence-electron chi connectivity index (χ1n) is 4.39. The number of halogens is 13. The summed E-state index contributed by atoms with van der Waals surface area (Å²) in [6.07, 6.45) is -17.3. The van der Waals surface area contributed by atoms with Crippen molar-refractivity contribution >= 4 is 0 Å². The highest BCUT2D eigenvalue weighted by atomic mass is 19.4. The van der Waals surface area contributed by atoms with Crippen molar-refractivity contribution in [2.75, 3.05) is 0 Å². The van der Waals surface area contributed by atoms with Crippen LogP contribution in [0.1, 0.15) is 0 Å². The van der Waals surface area contributed by atoms with E-state index >= 15 is 0 Å². The fourth-order valence-corrected chi connectivity index (χ4v) is 0.927. The zero-order valence-corrected chi connectivity index (χ0v) is 9.02. The Labute approximate surface area is 106 Å². The number of rotatable bonds is 6. The highest BCUT2D eigenvalue weighted by Gasteiger charge is 2.88. The van der Waals surface area contributed by atoms with Crippen LogP contribution in [0, 0.1) is 0 Å². The van der Waals surface area contributed by atoms with Crippen LogP contribution in [0.25, 0.3) is 0 Å². The molecule has 0 fully saturated rings. The number of hydrogen-bond acceptors (Lipinski definition) is 1. The molecule has 0 saturated heterocycles. The molecule has 0 heterocycles. The molecule has 0 aliphatic heterocycles. The fourth-order valence-electron chi connectivity index (χ4n) is 0.927. The third kappa shape index (κ3) is 2.73. The molecule has 0 aliphatic rings.